The van der Waals surface area contributed by atoms with Crippen LogP contribution < -0.4 is 0 Å². The molecule has 0 aromatic carbocycles. The fourth-order valence-corrected chi connectivity index (χ4v) is 1.16. The number of alkyl halides is 1. The quantitative estimate of drug-likeness (QED) is 0.697. The molecule has 1 atom stereocenters. The Bertz CT molecular complexity index is 254. The largest absolute Gasteiger partial charge is 0.198 e. The lowest BCUT2D eigenvalue weighted by atomic mass is 10.1. The Morgan fingerprint density at radius 3 is 3.00 bits per heavy atom. The van der Waals surface area contributed by atoms with E-state index in [0.29, 0.717) is 11.0 Å². The van der Waals surface area contributed by atoms with Gasteiger partial charge in [-0.05, 0) is 12.1 Å². The summed E-state index contributed by atoms with van der Waals surface area (Å²) in [5, 5.41) is 16.7. The monoisotopic (exact) mass is 211 g/mol. The van der Waals surface area contributed by atoms with Crippen molar-refractivity contribution in [2.24, 2.45) is 0 Å². The molecule has 0 aliphatic heterocycles. The van der Waals surface area contributed by atoms with Gasteiger partial charge in [0.15, 0.2) is 0 Å². The van der Waals surface area contributed by atoms with E-state index >= 15 is 0 Å². The van der Waals surface area contributed by atoms with Crippen molar-refractivity contribution in [1.82, 2.24) is 10.2 Å². The first kappa shape index (κ1) is 8.15. The molecule has 1 aromatic heterocycles. The van der Waals surface area contributed by atoms with E-state index in [2.05, 4.69) is 32.2 Å². The Kier molecular flexibility index (Phi) is 2.99. The molecule has 0 fully saturated rings. The first-order valence-electron chi connectivity index (χ1n) is 3.11. The highest BCUT2D eigenvalue weighted by atomic mass is 79.9. The smallest absolute Gasteiger partial charge is 0.0999 e. The van der Waals surface area contributed by atoms with Gasteiger partial charge in [-0.25, -0.2) is 0 Å². The van der Waals surface area contributed by atoms with Gasteiger partial charge in [0.1, 0.15) is 0 Å². The minimum absolute atomic E-state index is 0.191. The normalized spacial score (nSPS) is 12.0. The van der Waals surface area contributed by atoms with E-state index < -0.39 is 0 Å². The molecule has 1 aromatic rings. The summed E-state index contributed by atoms with van der Waals surface area (Å²) in [7, 11) is 0. The van der Waals surface area contributed by atoms with Gasteiger partial charge in [-0.2, -0.15) is 15.5 Å². The molecule has 3 nitrogen and oxygen atoms in total. The minimum atomic E-state index is -0.191. The molecule has 1 unspecified atom stereocenters. The van der Waals surface area contributed by atoms with Crippen molar-refractivity contribution < 1.29 is 0 Å². The van der Waals surface area contributed by atoms with Gasteiger partial charge in [0, 0.05) is 11.5 Å². The average molecular weight is 212 g/mol. The molecular weight excluding hydrogens is 206 g/mol. The minimum Gasteiger partial charge on any atom is -0.198 e. The van der Waals surface area contributed by atoms with Gasteiger partial charge in [0.2, 0.25) is 0 Å². The van der Waals surface area contributed by atoms with Crippen molar-refractivity contribution in [1.29, 1.82) is 5.26 Å². The molecule has 1 heterocycles. The zero-order valence-electron chi connectivity index (χ0n) is 5.74. The van der Waals surface area contributed by atoms with E-state index in [1.807, 2.05) is 0 Å². The zero-order valence-corrected chi connectivity index (χ0v) is 7.32. The molecule has 0 saturated heterocycles. The SMILES string of the molecule is N#CC(CBr)c1cccnn1. The van der Waals surface area contributed by atoms with Crippen LogP contribution in [0.15, 0.2) is 18.3 Å². The topological polar surface area (TPSA) is 49.6 Å². The number of halogens is 1. The second-order valence-corrected chi connectivity index (χ2v) is 2.63. The van der Waals surface area contributed by atoms with Crippen LogP contribution in [0.1, 0.15) is 11.6 Å². The predicted molar refractivity (Wildman–Crippen MR) is 44.2 cm³/mol. The molecule has 0 spiro atoms. The van der Waals surface area contributed by atoms with Crippen LogP contribution in [-0.4, -0.2) is 15.5 Å². The van der Waals surface area contributed by atoms with Gasteiger partial charge in [0.25, 0.3) is 0 Å². The third-order valence-electron chi connectivity index (χ3n) is 1.26. The number of aromatic nitrogens is 2. The Hall–Kier alpha value is -0.950. The molecule has 11 heavy (non-hydrogen) atoms. The molecule has 0 aliphatic carbocycles. The Labute approximate surface area is 73.2 Å². The van der Waals surface area contributed by atoms with Gasteiger partial charge < -0.3 is 0 Å². The van der Waals surface area contributed by atoms with Crippen LogP contribution in [0, 0.1) is 11.3 Å². The van der Waals surface area contributed by atoms with Crippen molar-refractivity contribution >= 4 is 15.9 Å². The summed E-state index contributed by atoms with van der Waals surface area (Å²) in [6.45, 7) is 0. The first-order valence-corrected chi connectivity index (χ1v) is 4.24. The summed E-state index contributed by atoms with van der Waals surface area (Å²) in [5.74, 6) is -0.191. The third kappa shape index (κ3) is 1.99. The number of nitrogens with zero attached hydrogens (tertiary/aromatic N) is 3. The van der Waals surface area contributed by atoms with E-state index in [0.717, 1.165) is 0 Å². The highest BCUT2D eigenvalue weighted by Crippen LogP contribution is 2.12. The lowest BCUT2D eigenvalue weighted by molar-refractivity contribution is 0.867. The van der Waals surface area contributed by atoms with E-state index in [-0.39, 0.29) is 5.92 Å². The third-order valence-corrected chi connectivity index (χ3v) is 1.91. The van der Waals surface area contributed by atoms with Crippen molar-refractivity contribution in [2.45, 2.75) is 5.92 Å². The molecule has 56 valence electrons. The highest BCUT2D eigenvalue weighted by molar-refractivity contribution is 9.09. The number of rotatable bonds is 2. The maximum absolute atomic E-state index is 8.63. The predicted octanol–water partition coefficient (Wildman–Crippen LogP) is 1.48. The Morgan fingerprint density at radius 1 is 1.73 bits per heavy atom. The van der Waals surface area contributed by atoms with Crippen LogP contribution in [0.3, 0.4) is 0 Å². The fraction of sp³-hybridized carbons (Fsp3) is 0.286. The van der Waals surface area contributed by atoms with Crippen LogP contribution in [-0.2, 0) is 0 Å². The van der Waals surface area contributed by atoms with Crippen molar-refractivity contribution in [3.63, 3.8) is 0 Å². The number of nitriles is 1. The lowest BCUT2D eigenvalue weighted by Gasteiger charge is -2.00. The number of hydrogen-bond acceptors (Lipinski definition) is 3. The molecule has 1 rings (SSSR count). The van der Waals surface area contributed by atoms with Gasteiger partial charge in [0.05, 0.1) is 17.7 Å². The molecule has 0 bridgehead atoms. The van der Waals surface area contributed by atoms with Crippen LogP contribution in [0.25, 0.3) is 0 Å². The highest BCUT2D eigenvalue weighted by Gasteiger charge is 2.08. The van der Waals surface area contributed by atoms with Gasteiger partial charge in [-0.3, -0.25) is 0 Å². The van der Waals surface area contributed by atoms with E-state index in [1.54, 1.807) is 18.3 Å². The summed E-state index contributed by atoms with van der Waals surface area (Å²) in [6.07, 6.45) is 1.59. The second-order valence-electron chi connectivity index (χ2n) is 1.98. The first-order chi connectivity index (χ1) is 5.38. The summed E-state index contributed by atoms with van der Waals surface area (Å²) in [6, 6.07) is 5.69. The van der Waals surface area contributed by atoms with Crippen molar-refractivity contribution in [3.05, 3.63) is 24.0 Å². The lowest BCUT2D eigenvalue weighted by Crippen LogP contribution is -2.00. The average Bonchev–Trinajstić information content (AvgIpc) is 2.09. The van der Waals surface area contributed by atoms with E-state index in [1.165, 1.54) is 0 Å². The maximum Gasteiger partial charge on any atom is 0.0999 e. The zero-order chi connectivity index (χ0) is 8.10. The van der Waals surface area contributed by atoms with Gasteiger partial charge in [-0.15, -0.1) is 0 Å². The van der Waals surface area contributed by atoms with E-state index in [9.17, 15) is 0 Å². The molecule has 0 N–H and O–H groups in total. The van der Waals surface area contributed by atoms with Crippen LogP contribution in [0.5, 0.6) is 0 Å². The summed E-state index contributed by atoms with van der Waals surface area (Å²) in [5.41, 5.74) is 0.715. The van der Waals surface area contributed by atoms with Crippen LogP contribution in [0.4, 0.5) is 0 Å². The molecule has 0 saturated carbocycles. The van der Waals surface area contributed by atoms with Crippen molar-refractivity contribution in [2.75, 3.05) is 5.33 Å². The summed E-state index contributed by atoms with van der Waals surface area (Å²) in [4.78, 5) is 0. The molecule has 0 aliphatic rings. The summed E-state index contributed by atoms with van der Waals surface area (Å²) >= 11 is 3.22. The van der Waals surface area contributed by atoms with Crippen LogP contribution in [0.2, 0.25) is 0 Å². The molecular formula is C7H6BrN3. The van der Waals surface area contributed by atoms with Gasteiger partial charge in [-0.1, -0.05) is 15.9 Å². The standard InChI is InChI=1S/C7H6BrN3/c8-4-6(5-9)7-2-1-3-10-11-7/h1-3,6H,4H2. The molecule has 0 radical (unpaired) electrons. The summed E-state index contributed by atoms with van der Waals surface area (Å²) < 4.78 is 0. The molecule has 4 heteroatoms. The second kappa shape index (κ2) is 4.04. The van der Waals surface area contributed by atoms with Crippen molar-refractivity contribution in [3.8, 4) is 6.07 Å². The van der Waals surface area contributed by atoms with E-state index in [4.69, 9.17) is 5.26 Å². The van der Waals surface area contributed by atoms with Crippen LogP contribution >= 0.6 is 15.9 Å². The fourth-order valence-electron chi connectivity index (χ4n) is 0.679. The Morgan fingerprint density at radius 2 is 2.55 bits per heavy atom. The molecule has 0 amide bonds. The number of hydrogen-bond donors (Lipinski definition) is 0. The maximum atomic E-state index is 8.63. The Balaban J connectivity index is 2.85. The van der Waals surface area contributed by atoms with Gasteiger partial charge >= 0.3 is 0 Å².